The largest absolute Gasteiger partial charge is 0.454 e. The van der Waals surface area contributed by atoms with Gasteiger partial charge in [0.15, 0.2) is 17.5 Å². The molecule has 3 N–H and O–H groups in total. The minimum atomic E-state index is -0.0647. The van der Waals surface area contributed by atoms with E-state index in [4.69, 9.17) is 23.9 Å². The molecule has 2 fully saturated rings. The highest BCUT2D eigenvalue weighted by Gasteiger charge is 2.37. The lowest BCUT2D eigenvalue weighted by atomic mass is 9.74. The smallest absolute Gasteiger partial charge is 0.231 e. The summed E-state index contributed by atoms with van der Waals surface area (Å²) < 4.78 is 22.4. The number of hydrogen-bond acceptors (Lipinski definition) is 6. The molecule has 1 aromatic carbocycles. The van der Waals surface area contributed by atoms with Crippen LogP contribution in [0.25, 0.3) is 0 Å². The summed E-state index contributed by atoms with van der Waals surface area (Å²) in [5.41, 5.74) is 1.11. The van der Waals surface area contributed by atoms with Gasteiger partial charge in [-0.2, -0.15) is 0 Å². The van der Waals surface area contributed by atoms with Gasteiger partial charge in [-0.15, -0.1) is 0 Å². The maximum atomic E-state index is 9.49. The fraction of sp³-hybridized carbons (Fsp3) is 0.696. The number of aliphatic imine (C=N–C) groups is 1. The quantitative estimate of drug-likeness (QED) is 0.425. The predicted molar refractivity (Wildman–Crippen MR) is 118 cm³/mol. The number of benzene rings is 1. The van der Waals surface area contributed by atoms with Crippen LogP contribution in [-0.2, 0) is 14.9 Å². The van der Waals surface area contributed by atoms with Crippen molar-refractivity contribution in [3.8, 4) is 11.5 Å². The molecule has 0 saturated carbocycles. The third-order valence-corrected chi connectivity index (χ3v) is 6.77. The first-order valence-electron chi connectivity index (χ1n) is 11.4. The molecule has 0 bridgehead atoms. The molecule has 1 aromatic rings. The number of hydrogen-bond donors (Lipinski definition) is 3. The average molecular weight is 434 g/mol. The normalized spacial score (nSPS) is 24.9. The summed E-state index contributed by atoms with van der Waals surface area (Å²) in [5.74, 6) is 2.43. The van der Waals surface area contributed by atoms with Crippen LogP contribution < -0.4 is 20.1 Å². The standard InChI is InChI=1S/C23H35N3O5/c1-2-24-21(25-14-22(5-9-27)6-10-29-16-22)26-15-23(7-11-28-12-8-23)18-3-4-19-20(13-18)31-17-30-19/h3-4,13,27H,2,5-12,14-17H2,1H3,(H2,24,25,26). The Bertz CT molecular complexity index is 758. The second-order valence-corrected chi connectivity index (χ2v) is 8.79. The molecule has 31 heavy (non-hydrogen) atoms. The van der Waals surface area contributed by atoms with Crippen LogP contribution in [0.3, 0.4) is 0 Å². The minimum Gasteiger partial charge on any atom is -0.454 e. The van der Waals surface area contributed by atoms with Crippen molar-refractivity contribution in [3.63, 3.8) is 0 Å². The summed E-state index contributed by atoms with van der Waals surface area (Å²) >= 11 is 0. The van der Waals surface area contributed by atoms with Gasteiger partial charge in [0, 0.05) is 50.3 Å². The first-order valence-corrected chi connectivity index (χ1v) is 11.4. The van der Waals surface area contributed by atoms with Crippen LogP contribution in [0.1, 0.15) is 38.2 Å². The van der Waals surface area contributed by atoms with Crippen molar-refractivity contribution in [2.24, 2.45) is 10.4 Å². The highest BCUT2D eigenvalue weighted by atomic mass is 16.7. The van der Waals surface area contributed by atoms with E-state index in [1.807, 2.05) is 6.07 Å². The van der Waals surface area contributed by atoms with E-state index in [-0.39, 0.29) is 24.2 Å². The fourth-order valence-electron chi connectivity index (χ4n) is 4.69. The molecule has 1 atom stereocenters. The minimum absolute atomic E-state index is 0.0608. The van der Waals surface area contributed by atoms with E-state index in [0.29, 0.717) is 19.6 Å². The van der Waals surface area contributed by atoms with Gasteiger partial charge >= 0.3 is 0 Å². The van der Waals surface area contributed by atoms with Gasteiger partial charge in [0.05, 0.1) is 13.2 Å². The zero-order valence-corrected chi connectivity index (χ0v) is 18.5. The van der Waals surface area contributed by atoms with E-state index in [1.54, 1.807) is 0 Å². The van der Waals surface area contributed by atoms with Crippen LogP contribution in [0.15, 0.2) is 23.2 Å². The van der Waals surface area contributed by atoms with Gasteiger partial charge in [0.25, 0.3) is 0 Å². The molecule has 1 unspecified atom stereocenters. The third kappa shape index (κ3) is 5.07. The summed E-state index contributed by atoms with van der Waals surface area (Å²) in [4.78, 5) is 4.88. The second-order valence-electron chi connectivity index (χ2n) is 8.79. The van der Waals surface area contributed by atoms with Crippen molar-refractivity contribution >= 4 is 5.96 Å². The Balaban J connectivity index is 1.49. The Morgan fingerprint density at radius 3 is 2.61 bits per heavy atom. The molecule has 172 valence electrons. The number of rotatable bonds is 8. The molecule has 0 spiro atoms. The van der Waals surface area contributed by atoms with E-state index in [2.05, 4.69) is 29.7 Å². The number of aliphatic hydroxyl groups is 1. The monoisotopic (exact) mass is 433 g/mol. The Kier molecular flexibility index (Phi) is 7.20. The number of guanidine groups is 1. The zero-order valence-electron chi connectivity index (χ0n) is 18.5. The Hall–Kier alpha value is -2.03. The van der Waals surface area contributed by atoms with Crippen molar-refractivity contribution in [1.29, 1.82) is 0 Å². The highest BCUT2D eigenvalue weighted by Crippen LogP contribution is 2.40. The van der Waals surface area contributed by atoms with Gasteiger partial charge < -0.3 is 34.7 Å². The third-order valence-electron chi connectivity index (χ3n) is 6.77. The van der Waals surface area contributed by atoms with Crippen LogP contribution in [0.4, 0.5) is 0 Å². The van der Waals surface area contributed by atoms with Crippen LogP contribution in [-0.4, -0.2) is 70.5 Å². The van der Waals surface area contributed by atoms with Crippen LogP contribution in [0.5, 0.6) is 11.5 Å². The van der Waals surface area contributed by atoms with E-state index < -0.39 is 0 Å². The van der Waals surface area contributed by atoms with Crippen molar-refractivity contribution in [2.45, 2.75) is 38.0 Å². The lowest BCUT2D eigenvalue weighted by molar-refractivity contribution is 0.0513. The number of nitrogens with one attached hydrogen (secondary N) is 2. The molecular weight excluding hydrogens is 398 g/mol. The predicted octanol–water partition coefficient (Wildman–Crippen LogP) is 1.81. The second kappa shape index (κ2) is 10.1. The molecular formula is C23H35N3O5. The van der Waals surface area contributed by atoms with Gasteiger partial charge in [0.2, 0.25) is 6.79 Å². The number of fused-ring (bicyclic) bond motifs is 1. The molecule has 0 aliphatic carbocycles. The molecule has 4 rings (SSSR count). The van der Waals surface area contributed by atoms with Gasteiger partial charge in [-0.3, -0.25) is 4.99 Å². The van der Waals surface area contributed by atoms with Crippen molar-refractivity contribution in [3.05, 3.63) is 23.8 Å². The molecule has 2 saturated heterocycles. The molecule has 0 amide bonds. The van der Waals surface area contributed by atoms with Crippen LogP contribution in [0.2, 0.25) is 0 Å². The van der Waals surface area contributed by atoms with E-state index >= 15 is 0 Å². The maximum Gasteiger partial charge on any atom is 0.231 e. The highest BCUT2D eigenvalue weighted by molar-refractivity contribution is 5.80. The SMILES string of the molecule is CCNC(=NCC1(CCO)CCOC1)NCC1(c2ccc3c(c2)OCO3)CCOCC1. The zero-order chi connectivity index (χ0) is 21.6. The van der Waals surface area contributed by atoms with E-state index in [0.717, 1.165) is 69.6 Å². The Morgan fingerprint density at radius 2 is 1.87 bits per heavy atom. The number of aliphatic hydroxyl groups excluding tert-OH is 1. The summed E-state index contributed by atoms with van der Waals surface area (Å²) in [7, 11) is 0. The van der Waals surface area contributed by atoms with Gasteiger partial charge in [-0.25, -0.2) is 0 Å². The molecule has 3 aliphatic heterocycles. The first kappa shape index (κ1) is 22.2. The summed E-state index contributed by atoms with van der Waals surface area (Å²) in [6.45, 7) is 7.58. The maximum absolute atomic E-state index is 9.49. The van der Waals surface area contributed by atoms with Gasteiger partial charge in [0.1, 0.15) is 0 Å². The Labute approximate surface area is 184 Å². The Morgan fingerprint density at radius 1 is 1.06 bits per heavy atom. The van der Waals surface area contributed by atoms with Crippen molar-refractivity contribution in [1.82, 2.24) is 10.6 Å². The molecule has 3 heterocycles. The van der Waals surface area contributed by atoms with Gasteiger partial charge in [-0.05, 0) is 50.3 Å². The molecule has 0 radical (unpaired) electrons. The van der Waals surface area contributed by atoms with E-state index in [9.17, 15) is 5.11 Å². The summed E-state index contributed by atoms with van der Waals surface area (Å²) in [6, 6.07) is 6.27. The molecule has 3 aliphatic rings. The lowest BCUT2D eigenvalue weighted by Gasteiger charge is -2.38. The van der Waals surface area contributed by atoms with Crippen molar-refractivity contribution in [2.75, 3.05) is 59.5 Å². The topological polar surface area (TPSA) is 93.6 Å². The van der Waals surface area contributed by atoms with Crippen molar-refractivity contribution < 1.29 is 24.1 Å². The average Bonchev–Trinajstić information content (AvgIpc) is 3.46. The molecule has 0 aromatic heterocycles. The fourth-order valence-corrected chi connectivity index (χ4v) is 4.69. The summed E-state index contributed by atoms with van der Waals surface area (Å²) in [6.07, 6.45) is 3.52. The number of nitrogens with zero attached hydrogens (tertiary/aromatic N) is 1. The van der Waals surface area contributed by atoms with Crippen LogP contribution in [0, 0.1) is 5.41 Å². The van der Waals surface area contributed by atoms with Crippen LogP contribution >= 0.6 is 0 Å². The lowest BCUT2D eigenvalue weighted by Crippen LogP contribution is -2.48. The van der Waals surface area contributed by atoms with Gasteiger partial charge in [-0.1, -0.05) is 6.07 Å². The summed E-state index contributed by atoms with van der Waals surface area (Å²) in [5, 5.41) is 16.5. The van der Waals surface area contributed by atoms with E-state index in [1.165, 1.54) is 5.56 Å². The molecule has 8 nitrogen and oxygen atoms in total. The molecule has 8 heteroatoms. The number of ether oxygens (including phenoxy) is 4. The first-order chi connectivity index (χ1) is 15.2.